The molecule has 1 saturated heterocycles. The van der Waals surface area contributed by atoms with Crippen LogP contribution in [0.3, 0.4) is 0 Å². The molecule has 1 aliphatic rings. The zero-order chi connectivity index (χ0) is 33.9. The summed E-state index contributed by atoms with van der Waals surface area (Å²) in [5.74, 6) is -0.323. The first kappa shape index (κ1) is 44.4. The highest BCUT2D eigenvalue weighted by Crippen LogP contribution is 2.35. The molecule has 1 unspecified atom stereocenters. The molecule has 0 aromatic carbocycles. The summed E-state index contributed by atoms with van der Waals surface area (Å²) in [4.78, 5) is 2.29. The fraction of sp³-hybridized carbons (Fsp3) is 0.909. The Labute approximate surface area is 296 Å². The Balaban J connectivity index is 2.18. The van der Waals surface area contributed by atoms with Gasteiger partial charge >= 0.3 is 0 Å². The summed E-state index contributed by atoms with van der Waals surface area (Å²) in [5.41, 5.74) is 0. The summed E-state index contributed by atoms with van der Waals surface area (Å²) in [6, 6.07) is 0. The monoisotopic (exact) mass is 660 g/mol. The molecule has 0 radical (unpaired) electrons. The van der Waals surface area contributed by atoms with E-state index in [-0.39, 0.29) is 5.79 Å². The third kappa shape index (κ3) is 28.9. The second-order valence-electron chi connectivity index (χ2n) is 15.3. The van der Waals surface area contributed by atoms with Gasteiger partial charge in [0.25, 0.3) is 0 Å². The van der Waals surface area contributed by atoms with Crippen LogP contribution in [-0.4, -0.2) is 44.0 Å². The molecule has 1 fully saturated rings. The van der Waals surface area contributed by atoms with Gasteiger partial charge in [0.15, 0.2) is 5.79 Å². The topological polar surface area (TPSA) is 21.7 Å². The van der Waals surface area contributed by atoms with Crippen LogP contribution in [0.5, 0.6) is 0 Å². The van der Waals surface area contributed by atoms with Gasteiger partial charge in [-0.15, -0.1) is 0 Å². The number of nitrogens with zero attached hydrogens (tertiary/aromatic N) is 1. The Kier molecular flexibility index (Phi) is 32.0. The van der Waals surface area contributed by atoms with Gasteiger partial charge in [-0.2, -0.15) is 0 Å². The lowest BCUT2D eigenvalue weighted by atomic mass is 9.97. The minimum atomic E-state index is -0.323. The van der Waals surface area contributed by atoms with Crippen LogP contribution >= 0.6 is 0 Å². The maximum Gasteiger partial charge on any atom is 0.168 e. The smallest absolute Gasteiger partial charge is 0.168 e. The van der Waals surface area contributed by atoms with Crippen molar-refractivity contribution in [3.05, 3.63) is 24.3 Å². The van der Waals surface area contributed by atoms with Crippen LogP contribution < -0.4 is 0 Å². The van der Waals surface area contributed by atoms with Crippen molar-refractivity contribution < 1.29 is 9.47 Å². The highest BCUT2D eigenvalue weighted by atomic mass is 16.7. The molecule has 1 atom stereocenters. The molecule has 278 valence electrons. The number of unbranched alkanes of at least 4 members (excludes halogenated alkanes) is 24. The Morgan fingerprint density at radius 1 is 0.511 bits per heavy atom. The van der Waals surface area contributed by atoms with Gasteiger partial charge in [-0.25, -0.2) is 0 Å². The van der Waals surface area contributed by atoms with E-state index in [1.807, 2.05) is 0 Å². The molecule has 0 saturated carbocycles. The van der Waals surface area contributed by atoms with E-state index in [9.17, 15) is 0 Å². The number of hydrogen-bond acceptors (Lipinski definition) is 3. The number of rotatable bonds is 35. The van der Waals surface area contributed by atoms with Crippen molar-refractivity contribution in [2.75, 3.05) is 27.2 Å². The molecule has 0 N–H and O–H groups in total. The van der Waals surface area contributed by atoms with Crippen molar-refractivity contribution in [3.8, 4) is 0 Å². The number of hydrogen-bond donors (Lipinski definition) is 0. The van der Waals surface area contributed by atoms with Gasteiger partial charge in [0, 0.05) is 12.8 Å². The van der Waals surface area contributed by atoms with Crippen LogP contribution in [-0.2, 0) is 9.47 Å². The highest BCUT2D eigenvalue weighted by molar-refractivity contribution is 4.82. The normalized spacial score (nSPS) is 16.7. The quantitative estimate of drug-likeness (QED) is 0.0499. The summed E-state index contributed by atoms with van der Waals surface area (Å²) in [6.07, 6.45) is 52.4. The summed E-state index contributed by atoms with van der Waals surface area (Å²) in [5, 5.41) is 0. The fourth-order valence-electron chi connectivity index (χ4n) is 7.05. The first-order valence-corrected chi connectivity index (χ1v) is 21.4. The minimum absolute atomic E-state index is 0.323. The van der Waals surface area contributed by atoms with Crippen LogP contribution in [0, 0.1) is 0 Å². The van der Waals surface area contributed by atoms with Crippen LogP contribution in [0.25, 0.3) is 0 Å². The predicted octanol–water partition coefficient (Wildman–Crippen LogP) is 14.3. The van der Waals surface area contributed by atoms with Crippen LogP contribution in [0.1, 0.15) is 219 Å². The maximum absolute atomic E-state index is 6.81. The highest BCUT2D eigenvalue weighted by Gasteiger charge is 2.37. The molecular formula is C44H85NO2. The van der Waals surface area contributed by atoms with Crippen LogP contribution in [0.4, 0.5) is 0 Å². The van der Waals surface area contributed by atoms with Gasteiger partial charge in [0.05, 0.1) is 12.7 Å². The van der Waals surface area contributed by atoms with Crippen LogP contribution in [0.15, 0.2) is 24.3 Å². The SMILES string of the molecule is CCCCCCCC/C=C\CCCCCCCCC1(CCCCCCCC/C=C\CCCCCCCC)OCCC(CCN(C)C)O1. The lowest BCUT2D eigenvalue weighted by molar-refractivity contribution is -0.301. The first-order valence-electron chi connectivity index (χ1n) is 21.4. The average molecular weight is 660 g/mol. The van der Waals surface area contributed by atoms with E-state index in [4.69, 9.17) is 9.47 Å². The Morgan fingerprint density at radius 3 is 1.26 bits per heavy atom. The van der Waals surface area contributed by atoms with Gasteiger partial charge in [0.2, 0.25) is 0 Å². The Hall–Kier alpha value is -0.640. The van der Waals surface area contributed by atoms with E-state index in [2.05, 4.69) is 57.1 Å². The molecule has 0 aromatic rings. The molecule has 0 spiro atoms. The summed E-state index contributed by atoms with van der Waals surface area (Å²) < 4.78 is 13.3. The lowest BCUT2D eigenvalue weighted by Crippen LogP contribution is -2.45. The van der Waals surface area contributed by atoms with Crippen molar-refractivity contribution in [2.45, 2.75) is 231 Å². The maximum atomic E-state index is 6.81. The molecule has 0 aliphatic carbocycles. The summed E-state index contributed by atoms with van der Waals surface area (Å²) in [6.45, 7) is 6.56. The van der Waals surface area contributed by atoms with E-state index < -0.39 is 0 Å². The Bertz CT molecular complexity index is 644. The third-order valence-corrected chi connectivity index (χ3v) is 10.2. The molecule has 0 bridgehead atoms. The lowest BCUT2D eigenvalue weighted by Gasteiger charge is -2.42. The summed E-state index contributed by atoms with van der Waals surface area (Å²) >= 11 is 0. The summed E-state index contributed by atoms with van der Waals surface area (Å²) in [7, 11) is 4.35. The van der Waals surface area contributed by atoms with E-state index in [0.717, 1.165) is 38.8 Å². The van der Waals surface area contributed by atoms with Gasteiger partial charge in [0.1, 0.15) is 0 Å². The average Bonchev–Trinajstić information content (AvgIpc) is 3.07. The van der Waals surface area contributed by atoms with Gasteiger partial charge in [-0.3, -0.25) is 0 Å². The van der Waals surface area contributed by atoms with Gasteiger partial charge < -0.3 is 14.4 Å². The predicted molar refractivity (Wildman–Crippen MR) is 209 cm³/mol. The van der Waals surface area contributed by atoms with Crippen molar-refractivity contribution >= 4 is 0 Å². The second kappa shape index (κ2) is 33.8. The van der Waals surface area contributed by atoms with Gasteiger partial charge in [-0.1, -0.05) is 154 Å². The van der Waals surface area contributed by atoms with E-state index in [0.29, 0.717) is 6.10 Å². The van der Waals surface area contributed by atoms with E-state index in [1.165, 1.54) is 180 Å². The van der Waals surface area contributed by atoms with Crippen molar-refractivity contribution in [3.63, 3.8) is 0 Å². The molecular weight excluding hydrogens is 574 g/mol. The molecule has 47 heavy (non-hydrogen) atoms. The largest absolute Gasteiger partial charge is 0.350 e. The first-order chi connectivity index (χ1) is 23.1. The molecule has 0 aromatic heterocycles. The van der Waals surface area contributed by atoms with Crippen molar-refractivity contribution in [1.82, 2.24) is 4.90 Å². The van der Waals surface area contributed by atoms with E-state index >= 15 is 0 Å². The standard InChI is InChI=1S/C44H85NO2/c1-5-7-9-11-13-15-17-19-21-23-25-27-29-31-33-35-39-44(46-42-38-43(47-44)37-41-45(3)4)40-36-34-32-30-28-26-24-22-20-18-16-14-12-10-8-6-2/h19-22,43H,5-18,23-42H2,1-4H3/b21-19-,22-20-. The minimum Gasteiger partial charge on any atom is -0.350 e. The zero-order valence-electron chi connectivity index (χ0n) is 32.7. The van der Waals surface area contributed by atoms with Crippen molar-refractivity contribution in [1.29, 1.82) is 0 Å². The fourth-order valence-corrected chi connectivity index (χ4v) is 7.05. The zero-order valence-corrected chi connectivity index (χ0v) is 32.7. The van der Waals surface area contributed by atoms with Crippen LogP contribution in [0.2, 0.25) is 0 Å². The molecule has 1 aliphatic heterocycles. The number of allylic oxidation sites excluding steroid dienone is 4. The molecule has 3 heteroatoms. The second-order valence-corrected chi connectivity index (χ2v) is 15.3. The van der Waals surface area contributed by atoms with Crippen molar-refractivity contribution in [2.24, 2.45) is 0 Å². The van der Waals surface area contributed by atoms with Gasteiger partial charge in [-0.05, 0) is 97.7 Å². The van der Waals surface area contributed by atoms with E-state index in [1.54, 1.807) is 0 Å². The molecule has 1 rings (SSSR count). The number of ether oxygens (including phenoxy) is 2. The molecule has 0 amide bonds. The Morgan fingerprint density at radius 2 is 0.872 bits per heavy atom. The molecule has 3 nitrogen and oxygen atoms in total. The molecule has 1 heterocycles. The third-order valence-electron chi connectivity index (χ3n) is 10.2.